The van der Waals surface area contributed by atoms with E-state index in [0.29, 0.717) is 49.3 Å². The summed E-state index contributed by atoms with van der Waals surface area (Å²) in [5.41, 5.74) is 11.6. The van der Waals surface area contributed by atoms with Crippen LogP contribution in [0.25, 0.3) is 5.69 Å². The smallest absolute Gasteiger partial charge is 0.251 e. The molecule has 11 heteroatoms. The van der Waals surface area contributed by atoms with Gasteiger partial charge in [-0.1, -0.05) is 18.2 Å². The summed E-state index contributed by atoms with van der Waals surface area (Å²) in [4.78, 5) is 21.5. The average Bonchev–Trinajstić information content (AvgIpc) is 3.37. The predicted molar refractivity (Wildman–Crippen MR) is 162 cm³/mol. The summed E-state index contributed by atoms with van der Waals surface area (Å²) in [5, 5.41) is 10.7. The molecule has 0 saturated carbocycles. The Morgan fingerprint density at radius 3 is 2.54 bits per heavy atom. The molecule has 1 aliphatic rings. The van der Waals surface area contributed by atoms with E-state index >= 15 is 0 Å². The molecular weight excluding hydrogens is 520 g/mol. The van der Waals surface area contributed by atoms with Crippen LogP contribution in [0.4, 0.5) is 29.0 Å². The molecule has 0 spiro atoms. The monoisotopic (exact) mass is 556 g/mol. The normalized spacial score (nSPS) is 13.1. The number of para-hydroxylation sites is 1. The molecule has 4 aromatic rings. The number of benzene rings is 3. The van der Waals surface area contributed by atoms with Gasteiger partial charge in [0, 0.05) is 56.2 Å². The second-order valence-corrected chi connectivity index (χ2v) is 9.83. The number of hydrogen-bond acceptors (Lipinski definition) is 9. The molecule has 1 aromatic heterocycles. The molecule has 11 nitrogen and oxygen atoms in total. The van der Waals surface area contributed by atoms with Crippen LogP contribution in [0.3, 0.4) is 0 Å². The fourth-order valence-electron chi connectivity index (χ4n) is 4.79. The Morgan fingerprint density at radius 1 is 1.07 bits per heavy atom. The van der Waals surface area contributed by atoms with Crippen LogP contribution in [0.1, 0.15) is 15.9 Å². The Labute approximate surface area is 239 Å². The minimum Gasteiger partial charge on any atom is -0.494 e. The fraction of sp³-hybridized carbons (Fsp3) is 0.300. The number of carbonyl (C=O) groups excluding carboxylic acids is 1. The van der Waals surface area contributed by atoms with E-state index in [1.54, 1.807) is 31.4 Å². The molecule has 3 aromatic carbocycles. The van der Waals surface area contributed by atoms with Crippen LogP contribution in [0.2, 0.25) is 0 Å². The van der Waals surface area contributed by atoms with Gasteiger partial charge in [-0.3, -0.25) is 4.79 Å². The number of aryl methyl sites for hydroxylation is 1. The first-order chi connectivity index (χ1) is 19.9. The number of nitrogens with two attached hydrogens (primary N) is 1. The Kier molecular flexibility index (Phi) is 8.54. The molecule has 2 heterocycles. The number of carbonyl (C=O) groups is 1. The topological polar surface area (TPSA) is 123 Å². The van der Waals surface area contributed by atoms with E-state index < -0.39 is 0 Å². The lowest BCUT2D eigenvalue weighted by Gasteiger charge is -2.29. The largest absolute Gasteiger partial charge is 0.494 e. The highest BCUT2D eigenvalue weighted by Gasteiger charge is 2.16. The molecule has 4 N–H and O–H groups in total. The van der Waals surface area contributed by atoms with Crippen LogP contribution in [-0.2, 0) is 4.74 Å². The van der Waals surface area contributed by atoms with E-state index in [0.717, 1.165) is 30.2 Å². The van der Waals surface area contributed by atoms with Gasteiger partial charge in [0.15, 0.2) is 0 Å². The van der Waals surface area contributed by atoms with Crippen LogP contribution in [0, 0.1) is 6.92 Å². The molecule has 214 valence electrons. The van der Waals surface area contributed by atoms with Gasteiger partial charge >= 0.3 is 0 Å². The molecule has 0 aliphatic carbocycles. The summed E-state index contributed by atoms with van der Waals surface area (Å²) in [6.07, 6.45) is 0. The van der Waals surface area contributed by atoms with Crippen molar-refractivity contribution in [2.24, 2.45) is 0 Å². The Bertz CT molecular complexity index is 1480. The van der Waals surface area contributed by atoms with E-state index in [-0.39, 0.29) is 11.9 Å². The first-order valence-corrected chi connectivity index (χ1v) is 13.6. The average molecular weight is 557 g/mol. The standard InChI is InChI=1S/C30H36N8O3/c1-21-6-4-5-7-26(21)36(2)15-14-32-28(39)22-8-10-23(11-9-22)38-29(31)34-30(35-38)33-25-13-12-24(20-27(25)40-3)37-16-18-41-19-17-37/h4-13,20H,14-19H2,1-3H3,(H,32,39)(H3,31,33,34,35). The van der Waals surface area contributed by atoms with Crippen LogP contribution >= 0.6 is 0 Å². The van der Waals surface area contributed by atoms with Crippen molar-refractivity contribution in [3.8, 4) is 11.4 Å². The molecule has 0 atom stereocenters. The van der Waals surface area contributed by atoms with E-state index in [1.807, 2.05) is 37.4 Å². The van der Waals surface area contributed by atoms with Gasteiger partial charge in [0.2, 0.25) is 11.9 Å². The van der Waals surface area contributed by atoms with Gasteiger partial charge in [-0.05, 0) is 55.0 Å². The third-order valence-corrected chi connectivity index (χ3v) is 7.07. The zero-order valence-corrected chi connectivity index (χ0v) is 23.6. The highest BCUT2D eigenvalue weighted by atomic mass is 16.5. The number of amides is 1. The maximum absolute atomic E-state index is 12.7. The number of nitrogen functional groups attached to an aromatic ring is 1. The van der Waals surface area contributed by atoms with Crippen molar-refractivity contribution >= 4 is 34.9 Å². The molecule has 5 rings (SSSR count). The van der Waals surface area contributed by atoms with Crippen molar-refractivity contribution in [2.75, 3.05) is 74.4 Å². The van der Waals surface area contributed by atoms with E-state index in [1.165, 1.54) is 10.2 Å². The molecule has 1 amide bonds. The third-order valence-electron chi connectivity index (χ3n) is 7.07. The van der Waals surface area contributed by atoms with Crippen molar-refractivity contribution in [1.29, 1.82) is 0 Å². The lowest BCUT2D eigenvalue weighted by Crippen LogP contribution is -2.36. The number of anilines is 5. The Hall–Kier alpha value is -4.77. The van der Waals surface area contributed by atoms with E-state index in [2.05, 4.69) is 49.6 Å². The highest BCUT2D eigenvalue weighted by Crippen LogP contribution is 2.32. The number of rotatable bonds is 10. The van der Waals surface area contributed by atoms with Crippen molar-refractivity contribution < 1.29 is 14.3 Å². The molecular formula is C30H36N8O3. The summed E-state index contributed by atoms with van der Waals surface area (Å²) in [7, 11) is 3.65. The summed E-state index contributed by atoms with van der Waals surface area (Å²) in [5.74, 6) is 1.08. The molecule has 1 saturated heterocycles. The number of methoxy groups -OCH3 is 1. The number of ether oxygens (including phenoxy) is 2. The number of morpholine rings is 1. The second kappa shape index (κ2) is 12.6. The number of hydrogen-bond donors (Lipinski definition) is 3. The minimum atomic E-state index is -0.142. The van der Waals surface area contributed by atoms with Gasteiger partial charge in [-0.25, -0.2) is 0 Å². The summed E-state index contributed by atoms with van der Waals surface area (Å²) in [6, 6.07) is 21.2. The van der Waals surface area contributed by atoms with Crippen LogP contribution in [0.15, 0.2) is 66.7 Å². The molecule has 0 unspecified atom stereocenters. The molecule has 0 bridgehead atoms. The van der Waals surface area contributed by atoms with Gasteiger partial charge in [-0.15, -0.1) is 5.10 Å². The van der Waals surface area contributed by atoms with Crippen LogP contribution in [0.5, 0.6) is 5.75 Å². The highest BCUT2D eigenvalue weighted by molar-refractivity contribution is 5.94. The number of nitrogens with one attached hydrogen (secondary N) is 2. The first kappa shape index (κ1) is 27.8. The summed E-state index contributed by atoms with van der Waals surface area (Å²) < 4.78 is 12.6. The molecule has 0 radical (unpaired) electrons. The predicted octanol–water partition coefficient (Wildman–Crippen LogP) is 3.61. The lowest BCUT2D eigenvalue weighted by atomic mass is 10.2. The van der Waals surface area contributed by atoms with Gasteiger partial charge in [0.05, 0.1) is 31.7 Å². The van der Waals surface area contributed by atoms with Crippen molar-refractivity contribution in [2.45, 2.75) is 6.92 Å². The molecule has 41 heavy (non-hydrogen) atoms. The first-order valence-electron chi connectivity index (χ1n) is 13.6. The Balaban J connectivity index is 1.20. The van der Waals surface area contributed by atoms with Crippen molar-refractivity contribution in [3.05, 3.63) is 77.9 Å². The van der Waals surface area contributed by atoms with Gasteiger partial charge in [0.1, 0.15) is 5.75 Å². The van der Waals surface area contributed by atoms with Crippen LogP contribution < -0.4 is 30.9 Å². The van der Waals surface area contributed by atoms with E-state index in [4.69, 9.17) is 15.2 Å². The lowest BCUT2D eigenvalue weighted by molar-refractivity contribution is 0.0954. The van der Waals surface area contributed by atoms with Crippen LogP contribution in [-0.4, -0.2) is 74.2 Å². The fourth-order valence-corrected chi connectivity index (χ4v) is 4.79. The van der Waals surface area contributed by atoms with Crippen molar-refractivity contribution in [1.82, 2.24) is 20.1 Å². The zero-order chi connectivity index (χ0) is 28.8. The number of aromatic nitrogens is 3. The van der Waals surface area contributed by atoms with Gasteiger partial charge in [-0.2, -0.15) is 9.67 Å². The zero-order valence-electron chi connectivity index (χ0n) is 23.6. The maximum atomic E-state index is 12.7. The van der Waals surface area contributed by atoms with Gasteiger partial charge in [0.25, 0.3) is 5.91 Å². The minimum absolute atomic E-state index is 0.142. The SMILES string of the molecule is COc1cc(N2CCOCC2)ccc1Nc1nc(N)n(-c2ccc(C(=O)NCCN(C)c3ccccc3C)cc2)n1. The number of likely N-dealkylation sites (N-methyl/N-ethyl adjacent to an activating group) is 1. The number of nitrogens with zero attached hydrogens (tertiary/aromatic N) is 5. The maximum Gasteiger partial charge on any atom is 0.251 e. The molecule has 1 aliphatic heterocycles. The summed E-state index contributed by atoms with van der Waals surface area (Å²) in [6.45, 7) is 6.39. The summed E-state index contributed by atoms with van der Waals surface area (Å²) >= 11 is 0. The van der Waals surface area contributed by atoms with E-state index in [9.17, 15) is 4.79 Å². The van der Waals surface area contributed by atoms with Crippen molar-refractivity contribution in [3.63, 3.8) is 0 Å². The Morgan fingerprint density at radius 2 is 1.80 bits per heavy atom. The third kappa shape index (κ3) is 6.52. The van der Waals surface area contributed by atoms with Gasteiger partial charge < -0.3 is 35.6 Å². The second-order valence-electron chi connectivity index (χ2n) is 9.83. The quantitative estimate of drug-likeness (QED) is 0.269. The molecule has 1 fully saturated rings.